The summed E-state index contributed by atoms with van der Waals surface area (Å²) in [4.78, 5) is 52.3. The average molecular weight is 370 g/mol. The Balaban J connectivity index is 1.44. The molecule has 0 aromatic carbocycles. The summed E-state index contributed by atoms with van der Waals surface area (Å²) >= 11 is 0. The van der Waals surface area contributed by atoms with Crippen molar-refractivity contribution >= 4 is 23.6 Å². The van der Waals surface area contributed by atoms with Gasteiger partial charge in [0.15, 0.2) is 0 Å². The van der Waals surface area contributed by atoms with Crippen molar-refractivity contribution < 1.29 is 19.2 Å². The van der Waals surface area contributed by atoms with Crippen LogP contribution in [0.15, 0.2) is 22.3 Å². The second-order valence-electron chi connectivity index (χ2n) is 8.70. The van der Waals surface area contributed by atoms with Gasteiger partial charge in [-0.15, -0.1) is 0 Å². The van der Waals surface area contributed by atoms with Crippen molar-refractivity contribution in [2.24, 2.45) is 23.7 Å². The zero-order valence-electron chi connectivity index (χ0n) is 16.4. The summed E-state index contributed by atoms with van der Waals surface area (Å²) in [7, 11) is 0. The van der Waals surface area contributed by atoms with Crippen LogP contribution >= 0.6 is 0 Å². The Kier molecular flexibility index (Phi) is 4.13. The van der Waals surface area contributed by atoms with Gasteiger partial charge in [0.25, 0.3) is 23.6 Å². The molecule has 4 aliphatic rings. The Morgan fingerprint density at radius 3 is 1.26 bits per heavy atom. The predicted molar refractivity (Wildman–Crippen MR) is 98.0 cm³/mol. The van der Waals surface area contributed by atoms with E-state index in [1.165, 1.54) is 9.80 Å². The van der Waals surface area contributed by atoms with Gasteiger partial charge in [0.2, 0.25) is 0 Å². The smallest absolute Gasteiger partial charge is 0.256 e. The molecule has 0 N–H and O–H groups in total. The van der Waals surface area contributed by atoms with Gasteiger partial charge in [0.1, 0.15) is 0 Å². The highest BCUT2D eigenvalue weighted by molar-refractivity contribution is 6.19. The molecule has 2 unspecified atom stereocenters. The van der Waals surface area contributed by atoms with Gasteiger partial charge in [-0.05, 0) is 70.6 Å². The first-order chi connectivity index (χ1) is 12.7. The average Bonchev–Trinajstić information content (AvgIpc) is 3.33. The highest BCUT2D eigenvalue weighted by atomic mass is 16.2. The number of carbonyl (C=O) groups excluding carboxylic acids is 4. The summed E-state index contributed by atoms with van der Waals surface area (Å²) in [5, 5.41) is 0. The minimum atomic E-state index is -0.169. The second-order valence-corrected chi connectivity index (χ2v) is 8.70. The number of amides is 4. The highest BCUT2D eigenvalue weighted by Gasteiger charge is 2.49. The van der Waals surface area contributed by atoms with Crippen LogP contribution in [0, 0.1) is 23.7 Å². The maximum atomic E-state index is 12.4. The Bertz CT molecular complexity index is 723. The Hall–Kier alpha value is -2.24. The van der Waals surface area contributed by atoms with Crippen molar-refractivity contribution in [3.63, 3.8) is 0 Å². The van der Waals surface area contributed by atoms with E-state index in [-0.39, 0.29) is 35.5 Å². The molecule has 2 aliphatic heterocycles. The van der Waals surface area contributed by atoms with E-state index in [1.807, 2.05) is 0 Å². The fourth-order valence-corrected chi connectivity index (χ4v) is 5.51. The first-order valence-corrected chi connectivity index (χ1v) is 9.78. The van der Waals surface area contributed by atoms with Crippen LogP contribution < -0.4 is 0 Å². The van der Waals surface area contributed by atoms with E-state index in [2.05, 4.69) is 0 Å². The van der Waals surface area contributed by atoms with E-state index in [4.69, 9.17) is 0 Å². The topological polar surface area (TPSA) is 74.8 Å². The Labute approximate surface area is 159 Å². The van der Waals surface area contributed by atoms with Crippen molar-refractivity contribution in [2.45, 2.75) is 47.0 Å². The third-order valence-electron chi connectivity index (χ3n) is 7.31. The summed E-state index contributed by atoms with van der Waals surface area (Å²) in [6.07, 6.45) is 3.11. The minimum absolute atomic E-state index is 0.169. The molecule has 0 spiro atoms. The SMILES string of the molecule is CC1=C(C)C(=O)N(CC2CC3CC(CN4C(=O)C(C)=C(C)C4=O)C2C3)C1=O. The molecular formula is C21H26N2O4. The fourth-order valence-electron chi connectivity index (χ4n) is 5.51. The van der Waals surface area contributed by atoms with E-state index in [0.717, 1.165) is 19.3 Å². The lowest BCUT2D eigenvalue weighted by atomic mass is 9.80. The van der Waals surface area contributed by atoms with Crippen molar-refractivity contribution in [1.29, 1.82) is 0 Å². The number of imide groups is 2. The van der Waals surface area contributed by atoms with Gasteiger partial charge in [0.05, 0.1) is 0 Å². The van der Waals surface area contributed by atoms with Crippen molar-refractivity contribution in [2.75, 3.05) is 13.1 Å². The third kappa shape index (κ3) is 2.60. The zero-order chi connectivity index (χ0) is 19.6. The summed E-state index contributed by atoms with van der Waals surface area (Å²) in [6, 6.07) is 0. The predicted octanol–water partition coefficient (Wildman–Crippen LogP) is 2.06. The number of nitrogens with zero attached hydrogens (tertiary/aromatic N) is 2. The van der Waals surface area contributed by atoms with Gasteiger partial charge in [0, 0.05) is 35.4 Å². The van der Waals surface area contributed by atoms with Gasteiger partial charge in [-0.3, -0.25) is 29.0 Å². The molecule has 0 saturated heterocycles. The van der Waals surface area contributed by atoms with E-state index in [9.17, 15) is 19.2 Å². The molecule has 4 rings (SSSR count). The summed E-state index contributed by atoms with van der Waals surface area (Å²) in [5.41, 5.74) is 2.19. The standard InChI is InChI=1S/C21H26N2O4/c1-10-11(2)19(25)22(18(10)24)8-15-5-14-6-16(17(15)7-14)9-23-20(26)12(3)13(4)21(23)27/h14-17H,5-9H2,1-4H3. The lowest BCUT2D eigenvalue weighted by Crippen LogP contribution is -2.42. The first kappa shape index (κ1) is 18.1. The highest BCUT2D eigenvalue weighted by Crippen LogP contribution is 2.52. The molecule has 2 saturated carbocycles. The van der Waals surface area contributed by atoms with Gasteiger partial charge in [-0.1, -0.05) is 0 Å². The van der Waals surface area contributed by atoms with Crippen LogP contribution in [0.2, 0.25) is 0 Å². The van der Waals surface area contributed by atoms with Gasteiger partial charge in [-0.2, -0.15) is 0 Å². The molecule has 144 valence electrons. The van der Waals surface area contributed by atoms with Crippen LogP contribution in [0.25, 0.3) is 0 Å². The molecule has 0 aromatic heterocycles. The number of fused-ring (bicyclic) bond motifs is 2. The van der Waals surface area contributed by atoms with E-state index >= 15 is 0 Å². The van der Waals surface area contributed by atoms with Crippen molar-refractivity contribution in [3.8, 4) is 0 Å². The van der Waals surface area contributed by atoms with Crippen LogP contribution in [0.4, 0.5) is 0 Å². The molecule has 4 amide bonds. The maximum Gasteiger partial charge on any atom is 0.256 e. The molecule has 2 fully saturated rings. The molecule has 2 aliphatic carbocycles. The minimum Gasteiger partial charge on any atom is -0.275 e. The van der Waals surface area contributed by atoms with Crippen molar-refractivity contribution in [3.05, 3.63) is 22.3 Å². The number of carbonyl (C=O) groups is 4. The molecular weight excluding hydrogens is 344 g/mol. The Morgan fingerprint density at radius 2 is 0.963 bits per heavy atom. The largest absolute Gasteiger partial charge is 0.275 e. The van der Waals surface area contributed by atoms with E-state index < -0.39 is 0 Å². The number of hydrogen-bond acceptors (Lipinski definition) is 4. The van der Waals surface area contributed by atoms with Gasteiger partial charge < -0.3 is 0 Å². The summed E-state index contributed by atoms with van der Waals surface area (Å²) in [6.45, 7) is 7.76. The molecule has 0 aromatic rings. The summed E-state index contributed by atoms with van der Waals surface area (Å²) < 4.78 is 0. The number of hydrogen-bond donors (Lipinski definition) is 0. The van der Waals surface area contributed by atoms with Crippen LogP contribution in [0.5, 0.6) is 0 Å². The monoisotopic (exact) mass is 370 g/mol. The van der Waals surface area contributed by atoms with Gasteiger partial charge >= 0.3 is 0 Å². The number of rotatable bonds is 4. The maximum absolute atomic E-state index is 12.4. The van der Waals surface area contributed by atoms with Gasteiger partial charge in [-0.25, -0.2) is 0 Å². The zero-order valence-corrected chi connectivity index (χ0v) is 16.4. The molecule has 27 heavy (non-hydrogen) atoms. The van der Waals surface area contributed by atoms with Crippen LogP contribution in [0.3, 0.4) is 0 Å². The lowest BCUT2D eigenvalue weighted by molar-refractivity contribution is -0.139. The lowest BCUT2D eigenvalue weighted by Gasteiger charge is -2.33. The quantitative estimate of drug-likeness (QED) is 0.710. The van der Waals surface area contributed by atoms with E-state index in [1.54, 1.807) is 27.7 Å². The molecule has 6 nitrogen and oxygen atoms in total. The van der Waals surface area contributed by atoms with E-state index in [0.29, 0.717) is 47.2 Å². The molecule has 2 bridgehead atoms. The summed E-state index contributed by atoms with van der Waals surface area (Å²) in [5.74, 6) is 0.782. The normalized spacial score (nSPS) is 33.6. The van der Waals surface area contributed by atoms with Crippen LogP contribution in [0.1, 0.15) is 47.0 Å². The first-order valence-electron chi connectivity index (χ1n) is 9.78. The van der Waals surface area contributed by atoms with Crippen molar-refractivity contribution in [1.82, 2.24) is 9.80 Å². The third-order valence-corrected chi connectivity index (χ3v) is 7.31. The second kappa shape index (κ2) is 6.14. The van der Waals surface area contributed by atoms with Crippen LogP contribution in [-0.4, -0.2) is 46.5 Å². The molecule has 2 heterocycles. The fraction of sp³-hybridized carbons (Fsp3) is 0.619. The molecule has 0 radical (unpaired) electrons. The van der Waals surface area contributed by atoms with Crippen LogP contribution in [-0.2, 0) is 19.2 Å². The Morgan fingerprint density at radius 1 is 0.630 bits per heavy atom. The molecule has 2 atom stereocenters. The molecule has 6 heteroatoms.